The molecule has 1 aliphatic rings. The van der Waals surface area contributed by atoms with E-state index in [0.717, 1.165) is 35.1 Å². The molecule has 0 aliphatic heterocycles. The number of amides is 1. The topological polar surface area (TPSA) is 57.0 Å². The van der Waals surface area contributed by atoms with Crippen LogP contribution in [0.4, 0.5) is 13.2 Å². The van der Waals surface area contributed by atoms with Crippen LogP contribution in [-0.4, -0.2) is 40.3 Å². The summed E-state index contributed by atoms with van der Waals surface area (Å²) in [5.41, 5.74) is 1.80. The van der Waals surface area contributed by atoms with Crippen molar-refractivity contribution in [3.8, 4) is 6.07 Å². The first-order valence-electron chi connectivity index (χ1n) is 7.99. The molecule has 1 aromatic heterocycles. The van der Waals surface area contributed by atoms with Crippen LogP contribution in [0.3, 0.4) is 0 Å². The second kappa shape index (κ2) is 7.65. The van der Waals surface area contributed by atoms with Crippen molar-refractivity contribution < 1.29 is 18.0 Å². The highest BCUT2D eigenvalue weighted by Gasteiger charge is 2.40. The van der Waals surface area contributed by atoms with Crippen LogP contribution in [-0.2, 0) is 4.79 Å². The van der Waals surface area contributed by atoms with Gasteiger partial charge in [0.1, 0.15) is 17.6 Å². The molecule has 2 rings (SSSR count). The Morgan fingerprint density at radius 2 is 2.12 bits per heavy atom. The third-order valence-electron chi connectivity index (χ3n) is 4.22. The van der Waals surface area contributed by atoms with E-state index in [4.69, 9.17) is 0 Å². The van der Waals surface area contributed by atoms with E-state index in [0.29, 0.717) is 16.3 Å². The van der Waals surface area contributed by atoms with E-state index in [9.17, 15) is 23.2 Å². The first-order chi connectivity index (χ1) is 11.6. The summed E-state index contributed by atoms with van der Waals surface area (Å²) >= 11 is 1.02. The molecule has 1 aliphatic carbocycles. The van der Waals surface area contributed by atoms with E-state index < -0.39 is 24.7 Å². The highest BCUT2D eigenvalue weighted by Crippen LogP contribution is 2.36. The fourth-order valence-electron chi connectivity index (χ4n) is 2.74. The summed E-state index contributed by atoms with van der Waals surface area (Å²) in [5.74, 6) is -0.602. The standard InChI is InChI=1S/C17H20F3N3OS/c1-10-6-11(2)22-16(14(10)7-21)25-8-15(24)23(9-17(18,19)20)12(3)13-4-5-13/h6,12-13H,4-5,8-9H2,1-3H3/t12-/m0/s1. The molecule has 0 aromatic carbocycles. The summed E-state index contributed by atoms with van der Waals surface area (Å²) in [7, 11) is 0. The Hall–Kier alpha value is -1.75. The Bertz CT molecular complexity index is 696. The molecule has 1 heterocycles. The van der Waals surface area contributed by atoms with Crippen LogP contribution in [0.1, 0.15) is 36.6 Å². The molecule has 1 amide bonds. The SMILES string of the molecule is Cc1cc(C)c(C#N)c(SCC(=O)N(CC(F)(F)F)[C@@H](C)C2CC2)n1. The third kappa shape index (κ3) is 5.36. The van der Waals surface area contributed by atoms with Gasteiger partial charge in [-0.2, -0.15) is 18.4 Å². The Labute approximate surface area is 149 Å². The Balaban J connectivity index is 2.12. The fourth-order valence-corrected chi connectivity index (χ4v) is 3.73. The Kier molecular flexibility index (Phi) is 5.99. The lowest BCUT2D eigenvalue weighted by Gasteiger charge is -2.30. The molecule has 0 bridgehead atoms. The van der Waals surface area contributed by atoms with Crippen LogP contribution in [0, 0.1) is 31.1 Å². The number of nitriles is 1. The molecule has 0 radical (unpaired) electrons. The monoisotopic (exact) mass is 371 g/mol. The van der Waals surface area contributed by atoms with Crippen molar-refractivity contribution >= 4 is 17.7 Å². The Morgan fingerprint density at radius 3 is 2.64 bits per heavy atom. The lowest BCUT2D eigenvalue weighted by molar-refractivity contribution is -0.164. The zero-order chi connectivity index (χ0) is 18.8. The molecule has 136 valence electrons. The van der Waals surface area contributed by atoms with Crippen molar-refractivity contribution in [1.29, 1.82) is 5.26 Å². The van der Waals surface area contributed by atoms with Crippen molar-refractivity contribution in [1.82, 2.24) is 9.88 Å². The molecule has 1 fully saturated rings. The number of halogens is 3. The van der Waals surface area contributed by atoms with Crippen molar-refractivity contribution in [3.63, 3.8) is 0 Å². The number of rotatable bonds is 6. The lowest BCUT2D eigenvalue weighted by Crippen LogP contribution is -2.46. The summed E-state index contributed by atoms with van der Waals surface area (Å²) in [4.78, 5) is 17.6. The summed E-state index contributed by atoms with van der Waals surface area (Å²) < 4.78 is 38.5. The number of carbonyl (C=O) groups is 1. The maximum Gasteiger partial charge on any atom is 0.406 e. The van der Waals surface area contributed by atoms with Gasteiger partial charge in [0, 0.05) is 11.7 Å². The van der Waals surface area contributed by atoms with Crippen molar-refractivity contribution in [2.75, 3.05) is 12.3 Å². The molecule has 0 spiro atoms. The smallest absolute Gasteiger partial charge is 0.330 e. The summed E-state index contributed by atoms with van der Waals surface area (Å²) in [6, 6.07) is 3.37. The fraction of sp³-hybridized carbons (Fsp3) is 0.588. The number of carbonyl (C=O) groups excluding carboxylic acids is 1. The number of thioether (sulfide) groups is 1. The number of nitrogens with zero attached hydrogens (tertiary/aromatic N) is 3. The second-order valence-corrected chi connectivity index (χ2v) is 7.34. The zero-order valence-corrected chi connectivity index (χ0v) is 15.2. The molecule has 1 atom stereocenters. The van der Waals surface area contributed by atoms with Gasteiger partial charge < -0.3 is 4.90 Å². The van der Waals surface area contributed by atoms with Gasteiger partial charge in [-0.25, -0.2) is 4.98 Å². The Morgan fingerprint density at radius 1 is 1.48 bits per heavy atom. The molecule has 0 N–H and O–H groups in total. The van der Waals surface area contributed by atoms with E-state index in [2.05, 4.69) is 4.98 Å². The predicted octanol–water partition coefficient (Wildman–Crippen LogP) is 3.85. The average Bonchev–Trinajstić information content (AvgIpc) is 3.33. The van der Waals surface area contributed by atoms with E-state index in [1.165, 1.54) is 0 Å². The highest BCUT2D eigenvalue weighted by atomic mass is 32.2. The van der Waals surface area contributed by atoms with E-state index in [-0.39, 0.29) is 11.7 Å². The maximum atomic E-state index is 12.8. The van der Waals surface area contributed by atoms with E-state index in [1.54, 1.807) is 26.8 Å². The number of pyridine rings is 1. The van der Waals surface area contributed by atoms with Crippen molar-refractivity contribution in [2.45, 2.75) is 50.9 Å². The van der Waals surface area contributed by atoms with Crippen LogP contribution < -0.4 is 0 Å². The summed E-state index contributed by atoms with van der Waals surface area (Å²) in [5, 5.41) is 9.63. The minimum Gasteiger partial charge on any atom is -0.330 e. The minimum atomic E-state index is -4.43. The summed E-state index contributed by atoms with van der Waals surface area (Å²) in [6.07, 6.45) is -2.72. The van der Waals surface area contributed by atoms with Crippen LogP contribution in [0.25, 0.3) is 0 Å². The molecule has 4 nitrogen and oxygen atoms in total. The number of hydrogen-bond donors (Lipinski definition) is 0. The van der Waals surface area contributed by atoms with Crippen LogP contribution in [0.2, 0.25) is 0 Å². The van der Waals surface area contributed by atoms with E-state index in [1.807, 2.05) is 6.07 Å². The molecular formula is C17H20F3N3OS. The summed E-state index contributed by atoms with van der Waals surface area (Å²) in [6.45, 7) is 3.96. The first-order valence-corrected chi connectivity index (χ1v) is 8.98. The molecular weight excluding hydrogens is 351 g/mol. The van der Waals surface area contributed by atoms with Gasteiger partial charge in [0.2, 0.25) is 5.91 Å². The van der Waals surface area contributed by atoms with Gasteiger partial charge in [-0.05, 0) is 51.2 Å². The molecule has 0 unspecified atom stereocenters. The highest BCUT2D eigenvalue weighted by molar-refractivity contribution is 8.00. The predicted molar refractivity (Wildman–Crippen MR) is 89.1 cm³/mol. The molecule has 0 saturated heterocycles. The molecule has 25 heavy (non-hydrogen) atoms. The first kappa shape index (κ1) is 19.6. The van der Waals surface area contributed by atoms with Crippen LogP contribution >= 0.6 is 11.8 Å². The number of aromatic nitrogens is 1. The number of hydrogen-bond acceptors (Lipinski definition) is 4. The normalized spacial score (nSPS) is 15.6. The largest absolute Gasteiger partial charge is 0.406 e. The van der Waals surface area contributed by atoms with Gasteiger partial charge in [-0.1, -0.05) is 11.8 Å². The lowest BCUT2D eigenvalue weighted by atomic mass is 10.1. The maximum absolute atomic E-state index is 12.8. The zero-order valence-electron chi connectivity index (χ0n) is 14.4. The number of aryl methyl sites for hydroxylation is 2. The van der Waals surface area contributed by atoms with Gasteiger partial charge in [0.25, 0.3) is 0 Å². The second-order valence-electron chi connectivity index (χ2n) is 6.38. The van der Waals surface area contributed by atoms with Gasteiger partial charge in [-0.3, -0.25) is 4.79 Å². The number of alkyl halides is 3. The van der Waals surface area contributed by atoms with E-state index >= 15 is 0 Å². The van der Waals surface area contributed by atoms with Crippen molar-refractivity contribution in [2.24, 2.45) is 5.92 Å². The molecule has 1 aromatic rings. The third-order valence-corrected chi connectivity index (χ3v) is 5.18. The van der Waals surface area contributed by atoms with Gasteiger partial charge in [0.15, 0.2) is 0 Å². The molecule has 1 saturated carbocycles. The quantitative estimate of drug-likeness (QED) is 0.713. The van der Waals surface area contributed by atoms with Crippen LogP contribution in [0.15, 0.2) is 11.1 Å². The van der Waals surface area contributed by atoms with Gasteiger partial charge in [-0.15, -0.1) is 0 Å². The van der Waals surface area contributed by atoms with Crippen LogP contribution in [0.5, 0.6) is 0 Å². The average molecular weight is 371 g/mol. The van der Waals surface area contributed by atoms with Gasteiger partial charge in [0.05, 0.1) is 11.3 Å². The molecule has 8 heteroatoms. The minimum absolute atomic E-state index is 0.144. The van der Waals surface area contributed by atoms with Crippen molar-refractivity contribution in [3.05, 3.63) is 22.9 Å². The van der Waals surface area contributed by atoms with Gasteiger partial charge >= 0.3 is 6.18 Å².